The molecular weight excluding hydrogens is 174 g/mol. The Labute approximate surface area is 82.0 Å². The molecule has 1 heterocycles. The van der Waals surface area contributed by atoms with Crippen molar-refractivity contribution in [2.45, 2.75) is 12.8 Å². The van der Waals surface area contributed by atoms with Crippen LogP contribution in [0, 0.1) is 0 Å². The maximum atomic E-state index is 11.9. The summed E-state index contributed by atoms with van der Waals surface area (Å²) < 4.78 is 0. The van der Waals surface area contributed by atoms with E-state index in [1.54, 1.807) is 0 Å². The van der Waals surface area contributed by atoms with Crippen LogP contribution in [0.2, 0.25) is 0 Å². The Hall–Kier alpha value is -1.70. The molecule has 0 saturated carbocycles. The van der Waals surface area contributed by atoms with E-state index in [1.807, 2.05) is 30.5 Å². The highest BCUT2D eigenvalue weighted by atomic mass is 16.1. The summed E-state index contributed by atoms with van der Waals surface area (Å²) in [6, 6.07) is 7.70. The number of hydrogen-bond donors (Lipinski definition) is 0. The standard InChI is InChI=1S/C12H9NO/c14-12-9-5-2-1-4-8(9)11-10(12)6-3-7-13-11/h1-2,4-5,7H,3,6H2. The first-order valence-corrected chi connectivity index (χ1v) is 4.78. The largest absolute Gasteiger partial charge is 0.289 e. The van der Waals surface area contributed by atoms with Crippen molar-refractivity contribution < 1.29 is 4.79 Å². The highest BCUT2D eigenvalue weighted by Crippen LogP contribution is 2.37. The van der Waals surface area contributed by atoms with E-state index in [2.05, 4.69) is 4.99 Å². The molecule has 3 rings (SSSR count). The third kappa shape index (κ3) is 0.854. The number of rotatable bonds is 0. The molecule has 0 amide bonds. The molecule has 0 bridgehead atoms. The van der Waals surface area contributed by atoms with Crippen molar-refractivity contribution in [3.63, 3.8) is 0 Å². The number of allylic oxidation sites excluding steroid dienone is 1. The fourth-order valence-corrected chi connectivity index (χ4v) is 2.06. The van der Waals surface area contributed by atoms with Crippen molar-refractivity contribution >= 4 is 17.7 Å². The molecule has 1 aliphatic carbocycles. The summed E-state index contributed by atoms with van der Waals surface area (Å²) >= 11 is 0. The van der Waals surface area contributed by atoms with Gasteiger partial charge in [0.15, 0.2) is 5.78 Å². The Morgan fingerprint density at radius 3 is 2.79 bits per heavy atom. The second kappa shape index (κ2) is 2.64. The van der Waals surface area contributed by atoms with Crippen LogP contribution in [0.15, 0.2) is 34.8 Å². The minimum atomic E-state index is 0.174. The van der Waals surface area contributed by atoms with Crippen LogP contribution in [-0.4, -0.2) is 12.0 Å². The Bertz CT molecular complexity index is 483. The number of benzene rings is 1. The Kier molecular flexibility index (Phi) is 1.45. The fraction of sp³-hybridized carbons (Fsp3) is 0.167. The van der Waals surface area contributed by atoms with Crippen molar-refractivity contribution in [2.75, 3.05) is 0 Å². The Balaban J connectivity index is 2.28. The summed E-state index contributed by atoms with van der Waals surface area (Å²) in [5.41, 5.74) is 3.62. The van der Waals surface area contributed by atoms with Crippen LogP contribution in [0.3, 0.4) is 0 Å². The summed E-state index contributed by atoms with van der Waals surface area (Å²) in [5.74, 6) is 0.174. The predicted octanol–water partition coefficient (Wildman–Crippen LogP) is 2.46. The van der Waals surface area contributed by atoms with E-state index in [0.717, 1.165) is 35.2 Å². The van der Waals surface area contributed by atoms with Gasteiger partial charge in [-0.3, -0.25) is 9.79 Å². The van der Waals surface area contributed by atoms with Gasteiger partial charge in [-0.15, -0.1) is 0 Å². The second-order valence-corrected chi connectivity index (χ2v) is 3.55. The summed E-state index contributed by atoms with van der Waals surface area (Å²) in [5, 5.41) is 0. The first-order chi connectivity index (χ1) is 6.88. The molecule has 14 heavy (non-hydrogen) atoms. The summed E-state index contributed by atoms with van der Waals surface area (Å²) in [7, 11) is 0. The van der Waals surface area contributed by atoms with Gasteiger partial charge in [0.25, 0.3) is 0 Å². The maximum Gasteiger partial charge on any atom is 0.191 e. The first-order valence-electron chi connectivity index (χ1n) is 4.78. The summed E-state index contributed by atoms with van der Waals surface area (Å²) in [6.07, 6.45) is 3.62. The van der Waals surface area contributed by atoms with Gasteiger partial charge in [-0.1, -0.05) is 24.3 Å². The van der Waals surface area contributed by atoms with Gasteiger partial charge in [0, 0.05) is 22.9 Å². The van der Waals surface area contributed by atoms with E-state index in [1.165, 1.54) is 0 Å². The van der Waals surface area contributed by atoms with Crippen LogP contribution >= 0.6 is 0 Å². The lowest BCUT2D eigenvalue weighted by Gasteiger charge is -2.05. The molecule has 0 radical (unpaired) electrons. The van der Waals surface area contributed by atoms with E-state index in [-0.39, 0.29) is 5.78 Å². The van der Waals surface area contributed by atoms with Gasteiger partial charge in [0.2, 0.25) is 0 Å². The van der Waals surface area contributed by atoms with Crippen LogP contribution in [0.5, 0.6) is 0 Å². The van der Waals surface area contributed by atoms with Crippen LogP contribution in [0.25, 0.3) is 5.70 Å². The monoisotopic (exact) mass is 183 g/mol. The first kappa shape index (κ1) is 7.68. The van der Waals surface area contributed by atoms with E-state index in [0.29, 0.717) is 0 Å². The van der Waals surface area contributed by atoms with Crippen molar-refractivity contribution in [1.82, 2.24) is 0 Å². The maximum absolute atomic E-state index is 11.9. The second-order valence-electron chi connectivity index (χ2n) is 3.55. The molecule has 0 aromatic heterocycles. The molecule has 0 saturated heterocycles. The van der Waals surface area contributed by atoms with Crippen molar-refractivity contribution in [2.24, 2.45) is 4.99 Å². The predicted molar refractivity (Wildman–Crippen MR) is 55.4 cm³/mol. The highest BCUT2D eigenvalue weighted by molar-refractivity contribution is 6.21. The Morgan fingerprint density at radius 2 is 1.93 bits per heavy atom. The average molecular weight is 183 g/mol. The zero-order chi connectivity index (χ0) is 9.54. The number of carbonyl (C=O) groups excluding carboxylic acids is 1. The molecule has 1 aromatic rings. The topological polar surface area (TPSA) is 29.4 Å². The molecule has 0 unspecified atom stereocenters. The van der Waals surface area contributed by atoms with Crippen molar-refractivity contribution in [3.05, 3.63) is 41.0 Å². The number of aliphatic imine (C=N–C) groups is 1. The number of hydrogen-bond acceptors (Lipinski definition) is 2. The van der Waals surface area contributed by atoms with Gasteiger partial charge in [-0.25, -0.2) is 0 Å². The SMILES string of the molecule is O=C1C2=C(N=CCC2)c2ccccc21. The van der Waals surface area contributed by atoms with E-state index in [9.17, 15) is 4.79 Å². The lowest BCUT2D eigenvalue weighted by molar-refractivity contribution is 0.103. The lowest BCUT2D eigenvalue weighted by atomic mass is 10.1. The third-order valence-corrected chi connectivity index (χ3v) is 2.73. The van der Waals surface area contributed by atoms with E-state index >= 15 is 0 Å². The molecule has 0 atom stereocenters. The molecule has 2 aliphatic rings. The number of fused-ring (bicyclic) bond motifs is 2. The fourth-order valence-electron chi connectivity index (χ4n) is 2.06. The Morgan fingerprint density at radius 1 is 1.14 bits per heavy atom. The van der Waals surface area contributed by atoms with Crippen LogP contribution < -0.4 is 0 Å². The molecule has 0 spiro atoms. The zero-order valence-electron chi connectivity index (χ0n) is 7.66. The molecular formula is C12H9NO. The van der Waals surface area contributed by atoms with Crippen LogP contribution in [-0.2, 0) is 0 Å². The van der Waals surface area contributed by atoms with E-state index < -0.39 is 0 Å². The zero-order valence-corrected chi connectivity index (χ0v) is 7.66. The van der Waals surface area contributed by atoms with Gasteiger partial charge in [0.1, 0.15) is 0 Å². The summed E-state index contributed by atoms with van der Waals surface area (Å²) in [6.45, 7) is 0. The minimum absolute atomic E-state index is 0.174. The van der Waals surface area contributed by atoms with Gasteiger partial charge in [0.05, 0.1) is 5.70 Å². The lowest BCUT2D eigenvalue weighted by Crippen LogP contribution is -2.00. The molecule has 0 N–H and O–H groups in total. The van der Waals surface area contributed by atoms with Crippen molar-refractivity contribution in [3.8, 4) is 0 Å². The molecule has 1 aliphatic heterocycles. The molecule has 2 heteroatoms. The third-order valence-electron chi connectivity index (χ3n) is 2.73. The normalized spacial score (nSPS) is 18.4. The van der Waals surface area contributed by atoms with Gasteiger partial charge in [-0.05, 0) is 12.8 Å². The van der Waals surface area contributed by atoms with Gasteiger partial charge in [-0.2, -0.15) is 0 Å². The summed E-state index contributed by atoms with van der Waals surface area (Å²) in [4.78, 5) is 16.2. The molecule has 1 aromatic carbocycles. The number of Topliss-reactive ketones (excluding diaryl/α,β-unsaturated/α-hetero) is 1. The number of ketones is 1. The van der Waals surface area contributed by atoms with Gasteiger partial charge < -0.3 is 0 Å². The molecule has 68 valence electrons. The number of nitrogens with zero attached hydrogens (tertiary/aromatic N) is 1. The molecule has 0 fully saturated rings. The minimum Gasteiger partial charge on any atom is -0.289 e. The number of carbonyl (C=O) groups is 1. The quantitative estimate of drug-likeness (QED) is 0.607. The van der Waals surface area contributed by atoms with Crippen LogP contribution in [0.4, 0.5) is 0 Å². The highest BCUT2D eigenvalue weighted by Gasteiger charge is 2.29. The average Bonchev–Trinajstić information content (AvgIpc) is 2.55. The molecule has 2 nitrogen and oxygen atoms in total. The van der Waals surface area contributed by atoms with Crippen molar-refractivity contribution in [1.29, 1.82) is 0 Å². The van der Waals surface area contributed by atoms with Gasteiger partial charge >= 0.3 is 0 Å². The smallest absolute Gasteiger partial charge is 0.191 e. The van der Waals surface area contributed by atoms with Crippen LogP contribution in [0.1, 0.15) is 28.8 Å². The van der Waals surface area contributed by atoms with E-state index in [4.69, 9.17) is 0 Å².